The first-order valence-corrected chi connectivity index (χ1v) is 9.44. The molecule has 0 heterocycles. The molecule has 0 fully saturated rings. The predicted molar refractivity (Wildman–Crippen MR) is 65.6 cm³/mol. The minimum absolute atomic E-state index is 0.203. The normalized spacial score (nSPS) is 17.0. The van der Waals surface area contributed by atoms with E-state index >= 15 is 0 Å². The lowest BCUT2D eigenvalue weighted by Crippen LogP contribution is -2.43. The molecule has 16 heavy (non-hydrogen) atoms. The highest BCUT2D eigenvalue weighted by Crippen LogP contribution is 2.09. The van der Waals surface area contributed by atoms with Crippen LogP contribution in [0.3, 0.4) is 0 Å². The highest BCUT2D eigenvalue weighted by atomic mass is 32.3. The van der Waals surface area contributed by atoms with Gasteiger partial charge in [-0.2, -0.15) is 11.8 Å². The molecule has 1 atom stereocenters. The van der Waals surface area contributed by atoms with Crippen LogP contribution in [-0.2, 0) is 19.9 Å². The third-order valence-electron chi connectivity index (χ3n) is 1.50. The number of nitrogens with one attached hydrogen (secondary N) is 1. The molecule has 0 bridgehead atoms. The standard InChI is InChI=1S/C7H17NO5S3/c1-7(9,5-14-2)4-8-16(12,13)6-15(3,10)11/h8-9H,4-6H2,1-3H3. The van der Waals surface area contributed by atoms with Crippen LogP contribution in [0.1, 0.15) is 6.92 Å². The molecule has 2 N–H and O–H groups in total. The highest BCUT2D eigenvalue weighted by Gasteiger charge is 2.24. The number of rotatable bonds is 7. The van der Waals surface area contributed by atoms with Crippen molar-refractivity contribution < 1.29 is 21.9 Å². The minimum atomic E-state index is -3.90. The quantitative estimate of drug-likeness (QED) is 0.625. The maximum Gasteiger partial charge on any atom is 0.226 e. The topological polar surface area (TPSA) is 101 Å². The van der Waals surface area contributed by atoms with E-state index in [4.69, 9.17) is 0 Å². The monoisotopic (exact) mass is 291 g/mol. The Morgan fingerprint density at radius 1 is 1.31 bits per heavy atom. The summed E-state index contributed by atoms with van der Waals surface area (Å²) in [5, 5.41) is 8.72. The van der Waals surface area contributed by atoms with Crippen molar-refractivity contribution >= 4 is 31.6 Å². The molecule has 0 amide bonds. The SMILES string of the molecule is CSCC(C)(O)CNS(=O)(=O)CS(C)(=O)=O. The summed E-state index contributed by atoms with van der Waals surface area (Å²) in [7, 11) is -7.50. The van der Waals surface area contributed by atoms with Gasteiger partial charge in [0.2, 0.25) is 10.0 Å². The van der Waals surface area contributed by atoms with E-state index in [1.807, 2.05) is 0 Å². The Bertz CT molecular complexity index is 411. The average Bonchev–Trinajstić information content (AvgIpc) is 1.97. The van der Waals surface area contributed by atoms with Crippen molar-refractivity contribution in [1.29, 1.82) is 0 Å². The largest absolute Gasteiger partial charge is 0.388 e. The Balaban J connectivity index is 4.41. The summed E-state index contributed by atoms with van der Waals surface area (Å²) in [6.07, 6.45) is 2.62. The molecule has 0 saturated heterocycles. The first kappa shape index (κ1) is 16.2. The molecule has 0 aliphatic rings. The van der Waals surface area contributed by atoms with Gasteiger partial charge in [0, 0.05) is 18.6 Å². The number of sulfonamides is 1. The number of hydrogen-bond donors (Lipinski definition) is 2. The van der Waals surface area contributed by atoms with Crippen LogP contribution in [0, 0.1) is 0 Å². The number of aliphatic hydroxyl groups is 1. The maximum atomic E-state index is 11.3. The van der Waals surface area contributed by atoms with E-state index in [1.54, 1.807) is 6.26 Å². The number of hydrogen-bond acceptors (Lipinski definition) is 6. The molecule has 0 aliphatic heterocycles. The van der Waals surface area contributed by atoms with Gasteiger partial charge >= 0.3 is 0 Å². The van der Waals surface area contributed by atoms with Gasteiger partial charge in [-0.1, -0.05) is 0 Å². The summed E-state index contributed by atoms with van der Waals surface area (Å²) in [6.45, 7) is 1.28. The van der Waals surface area contributed by atoms with Crippen molar-refractivity contribution in [3.63, 3.8) is 0 Å². The molecule has 0 aliphatic carbocycles. The molecular weight excluding hydrogens is 274 g/mol. The smallest absolute Gasteiger partial charge is 0.226 e. The Kier molecular flexibility index (Phi) is 5.73. The van der Waals surface area contributed by atoms with Gasteiger partial charge in [-0.25, -0.2) is 21.6 Å². The van der Waals surface area contributed by atoms with E-state index in [0.29, 0.717) is 5.75 Å². The fraction of sp³-hybridized carbons (Fsp3) is 1.00. The zero-order valence-corrected chi connectivity index (χ0v) is 11.9. The highest BCUT2D eigenvalue weighted by molar-refractivity contribution is 8.06. The summed E-state index contributed by atoms with van der Waals surface area (Å²) in [5.74, 6) is 0.356. The molecule has 0 saturated carbocycles. The van der Waals surface area contributed by atoms with Gasteiger partial charge in [0.05, 0.1) is 5.60 Å². The third-order valence-corrected chi connectivity index (χ3v) is 5.95. The molecular formula is C7H17NO5S3. The van der Waals surface area contributed by atoms with E-state index in [-0.39, 0.29) is 6.54 Å². The maximum absolute atomic E-state index is 11.3. The zero-order valence-electron chi connectivity index (χ0n) is 9.43. The van der Waals surface area contributed by atoms with Gasteiger partial charge in [-0.15, -0.1) is 0 Å². The van der Waals surface area contributed by atoms with Crippen LogP contribution in [0.4, 0.5) is 0 Å². The first-order valence-electron chi connectivity index (χ1n) is 4.34. The molecule has 0 radical (unpaired) electrons. The second kappa shape index (κ2) is 5.67. The van der Waals surface area contributed by atoms with Crippen molar-refractivity contribution in [1.82, 2.24) is 4.72 Å². The fourth-order valence-electron chi connectivity index (χ4n) is 0.951. The van der Waals surface area contributed by atoms with Crippen LogP contribution in [0.25, 0.3) is 0 Å². The summed E-state index contributed by atoms with van der Waals surface area (Å²) < 4.78 is 46.3. The van der Waals surface area contributed by atoms with Crippen molar-refractivity contribution in [3.05, 3.63) is 0 Å². The van der Waals surface area contributed by atoms with Gasteiger partial charge in [0.25, 0.3) is 0 Å². The molecule has 6 nitrogen and oxygen atoms in total. The first-order chi connectivity index (χ1) is 6.97. The van der Waals surface area contributed by atoms with E-state index in [1.165, 1.54) is 18.7 Å². The molecule has 9 heteroatoms. The van der Waals surface area contributed by atoms with Gasteiger partial charge in [-0.3, -0.25) is 0 Å². The Hall–Kier alpha value is 0.170. The van der Waals surface area contributed by atoms with Crippen molar-refractivity contribution in [2.75, 3.05) is 29.9 Å². The molecule has 98 valence electrons. The van der Waals surface area contributed by atoms with E-state index in [2.05, 4.69) is 4.72 Å². The summed E-state index contributed by atoms with van der Waals surface area (Å²) >= 11 is 1.37. The van der Waals surface area contributed by atoms with Gasteiger partial charge in [0.15, 0.2) is 14.9 Å². The van der Waals surface area contributed by atoms with Crippen LogP contribution in [0.15, 0.2) is 0 Å². The summed E-state index contributed by atoms with van der Waals surface area (Å²) in [5.41, 5.74) is -1.19. The van der Waals surface area contributed by atoms with Crippen LogP contribution in [0.5, 0.6) is 0 Å². The molecule has 0 aromatic carbocycles. The van der Waals surface area contributed by atoms with Crippen LogP contribution >= 0.6 is 11.8 Å². The van der Waals surface area contributed by atoms with Crippen molar-refractivity contribution in [3.8, 4) is 0 Å². The number of thioether (sulfide) groups is 1. The van der Waals surface area contributed by atoms with Gasteiger partial charge in [0.1, 0.15) is 0 Å². The predicted octanol–water partition coefficient (Wildman–Crippen LogP) is -0.978. The van der Waals surface area contributed by atoms with Crippen LogP contribution in [0.2, 0.25) is 0 Å². The second-order valence-electron chi connectivity index (χ2n) is 3.91. The summed E-state index contributed by atoms with van der Waals surface area (Å²) in [4.78, 5) is 0. The van der Waals surface area contributed by atoms with Gasteiger partial charge in [-0.05, 0) is 13.2 Å². The Labute approximate surface area is 101 Å². The van der Waals surface area contributed by atoms with Gasteiger partial charge < -0.3 is 5.11 Å². The lowest BCUT2D eigenvalue weighted by atomic mass is 10.1. The Morgan fingerprint density at radius 3 is 2.19 bits per heavy atom. The summed E-state index contributed by atoms with van der Waals surface area (Å²) in [6, 6.07) is 0. The molecule has 0 rings (SSSR count). The van der Waals surface area contributed by atoms with Crippen molar-refractivity contribution in [2.24, 2.45) is 0 Å². The molecule has 0 spiro atoms. The molecule has 0 aromatic heterocycles. The molecule has 1 unspecified atom stereocenters. The van der Waals surface area contributed by atoms with E-state index in [9.17, 15) is 21.9 Å². The van der Waals surface area contributed by atoms with Crippen LogP contribution < -0.4 is 4.72 Å². The average molecular weight is 291 g/mol. The van der Waals surface area contributed by atoms with E-state index < -0.39 is 30.5 Å². The van der Waals surface area contributed by atoms with Crippen LogP contribution in [-0.4, -0.2) is 57.4 Å². The second-order valence-corrected chi connectivity index (χ2v) is 9.09. The van der Waals surface area contributed by atoms with E-state index in [0.717, 1.165) is 6.26 Å². The Morgan fingerprint density at radius 2 is 1.81 bits per heavy atom. The lowest BCUT2D eigenvalue weighted by molar-refractivity contribution is 0.0909. The zero-order chi connectivity index (χ0) is 13.0. The van der Waals surface area contributed by atoms with Crippen molar-refractivity contribution in [2.45, 2.75) is 12.5 Å². The number of sulfone groups is 1. The third kappa shape index (κ3) is 8.34. The minimum Gasteiger partial charge on any atom is -0.388 e. The lowest BCUT2D eigenvalue weighted by Gasteiger charge is -2.22. The fourth-order valence-corrected chi connectivity index (χ4v) is 4.79. The molecule has 0 aromatic rings.